The molecule has 0 radical (unpaired) electrons. The van der Waals surface area contributed by atoms with Crippen molar-refractivity contribution in [2.75, 3.05) is 13.2 Å². The van der Waals surface area contributed by atoms with Crippen molar-refractivity contribution in [2.24, 2.45) is 5.92 Å². The molecule has 0 amide bonds. The fraction of sp³-hybridized carbons (Fsp3) is 0.517. The molecule has 3 rings (SSSR count). The number of allylic oxidation sites excluding steroid dienone is 1. The van der Waals surface area contributed by atoms with Crippen LogP contribution in [0.1, 0.15) is 57.6 Å². The van der Waals surface area contributed by atoms with Crippen LogP contribution in [-0.4, -0.2) is 39.6 Å². The highest BCUT2D eigenvalue weighted by atomic mass is 32.2. The van der Waals surface area contributed by atoms with Crippen LogP contribution in [0, 0.1) is 12.8 Å². The van der Waals surface area contributed by atoms with E-state index in [9.17, 15) is 8.42 Å². The van der Waals surface area contributed by atoms with E-state index in [-0.39, 0.29) is 17.6 Å². The molecule has 0 N–H and O–H groups in total. The van der Waals surface area contributed by atoms with Crippen LogP contribution in [0.4, 0.5) is 0 Å². The smallest absolute Gasteiger partial charge is 0.297 e. The zero-order chi connectivity index (χ0) is 26.0. The van der Waals surface area contributed by atoms with Gasteiger partial charge < -0.3 is 14.2 Å². The minimum atomic E-state index is -3.91. The van der Waals surface area contributed by atoms with Crippen LogP contribution >= 0.6 is 0 Å². The van der Waals surface area contributed by atoms with Crippen molar-refractivity contribution in [1.29, 1.82) is 0 Å². The first-order valence-electron chi connectivity index (χ1n) is 12.7. The summed E-state index contributed by atoms with van der Waals surface area (Å²) in [5, 5.41) is 0. The minimum Gasteiger partial charge on any atom is -0.374 e. The van der Waals surface area contributed by atoms with Gasteiger partial charge in [-0.05, 0) is 70.1 Å². The molecule has 36 heavy (non-hydrogen) atoms. The van der Waals surface area contributed by atoms with Crippen molar-refractivity contribution in [1.82, 2.24) is 0 Å². The minimum absolute atomic E-state index is 0.121. The molecule has 7 heteroatoms. The Balaban J connectivity index is 1.59. The lowest BCUT2D eigenvalue weighted by molar-refractivity contribution is -0.229. The average molecular weight is 517 g/mol. The van der Waals surface area contributed by atoms with E-state index in [1.54, 1.807) is 24.3 Å². The van der Waals surface area contributed by atoms with Crippen LogP contribution in [0.3, 0.4) is 0 Å². The van der Waals surface area contributed by atoms with Gasteiger partial charge in [-0.2, -0.15) is 8.42 Å². The zero-order valence-electron chi connectivity index (χ0n) is 21.9. The summed E-state index contributed by atoms with van der Waals surface area (Å²) >= 11 is 0. The van der Waals surface area contributed by atoms with E-state index in [0.29, 0.717) is 25.6 Å². The van der Waals surface area contributed by atoms with E-state index in [1.165, 1.54) is 0 Å². The van der Waals surface area contributed by atoms with Crippen LogP contribution in [0.5, 0.6) is 0 Å². The van der Waals surface area contributed by atoms with E-state index in [2.05, 4.69) is 13.0 Å². The lowest BCUT2D eigenvalue weighted by Crippen LogP contribution is -2.34. The molecule has 198 valence electrons. The third-order valence-corrected chi connectivity index (χ3v) is 7.59. The van der Waals surface area contributed by atoms with Crippen molar-refractivity contribution in [3.63, 3.8) is 0 Å². The predicted octanol–water partition coefficient (Wildman–Crippen LogP) is 6.19. The SMILES string of the molecule is Cc1ccc(S(=O)(=O)O[C@H](C/C=C/C[C@@H](C)[C@@H]2CCCOC(C)(C)O2)COCc2ccccc2)cc1. The van der Waals surface area contributed by atoms with Gasteiger partial charge in [-0.3, -0.25) is 4.18 Å². The second kappa shape index (κ2) is 13.5. The summed E-state index contributed by atoms with van der Waals surface area (Å²) in [4.78, 5) is 0.147. The molecule has 1 saturated heterocycles. The third kappa shape index (κ3) is 9.45. The van der Waals surface area contributed by atoms with Gasteiger partial charge in [-0.15, -0.1) is 0 Å². The summed E-state index contributed by atoms with van der Waals surface area (Å²) < 4.78 is 49.2. The number of hydrogen-bond donors (Lipinski definition) is 0. The van der Waals surface area contributed by atoms with Crippen molar-refractivity contribution in [3.05, 3.63) is 77.9 Å². The largest absolute Gasteiger partial charge is 0.374 e. The van der Waals surface area contributed by atoms with Gasteiger partial charge in [-0.1, -0.05) is 67.1 Å². The maximum Gasteiger partial charge on any atom is 0.297 e. The molecule has 0 bridgehead atoms. The topological polar surface area (TPSA) is 71.1 Å². The lowest BCUT2D eigenvalue weighted by atomic mass is 9.96. The highest BCUT2D eigenvalue weighted by Gasteiger charge is 2.30. The number of rotatable bonds is 12. The van der Waals surface area contributed by atoms with Crippen LogP contribution in [0.25, 0.3) is 0 Å². The molecular formula is C29H40O6S. The van der Waals surface area contributed by atoms with Crippen LogP contribution in [0.15, 0.2) is 71.6 Å². The third-order valence-electron chi connectivity index (χ3n) is 6.21. The average Bonchev–Trinajstić information content (AvgIpc) is 3.02. The first-order valence-corrected chi connectivity index (χ1v) is 14.1. The maximum atomic E-state index is 12.9. The Kier molecular flexibility index (Phi) is 10.7. The highest BCUT2D eigenvalue weighted by molar-refractivity contribution is 7.86. The van der Waals surface area contributed by atoms with Crippen molar-refractivity contribution in [3.8, 4) is 0 Å². The summed E-state index contributed by atoms with van der Waals surface area (Å²) in [5.74, 6) is -0.259. The summed E-state index contributed by atoms with van der Waals surface area (Å²) in [5.41, 5.74) is 2.01. The number of benzene rings is 2. The molecule has 1 heterocycles. The fourth-order valence-corrected chi connectivity index (χ4v) is 5.20. The van der Waals surface area contributed by atoms with Crippen molar-refractivity contribution < 1.29 is 26.8 Å². The zero-order valence-corrected chi connectivity index (χ0v) is 22.7. The Morgan fingerprint density at radius 3 is 2.47 bits per heavy atom. The molecule has 1 fully saturated rings. The normalized spacial score (nSPS) is 20.2. The summed E-state index contributed by atoms with van der Waals surface area (Å²) in [6, 6.07) is 16.5. The molecule has 1 aliphatic heterocycles. The summed E-state index contributed by atoms with van der Waals surface area (Å²) in [6.07, 6.45) is 6.74. The molecule has 0 unspecified atom stereocenters. The van der Waals surface area contributed by atoms with Gasteiger partial charge >= 0.3 is 0 Å². The standard InChI is InChI=1S/C29H40O6S/c1-23-16-18-27(19-17-23)36(30,31)35-26(22-32-21-25-12-6-5-7-13-25)14-9-8-11-24(2)28-15-10-20-33-29(3,4)34-28/h5-9,12-13,16-19,24,26,28H,10-11,14-15,20-22H2,1-4H3/b9-8+/t24-,26-,28+/m1/s1. The highest BCUT2D eigenvalue weighted by Crippen LogP contribution is 2.28. The first-order chi connectivity index (χ1) is 17.1. The van der Waals surface area contributed by atoms with Gasteiger partial charge in [0.2, 0.25) is 0 Å². The molecule has 0 saturated carbocycles. The second-order valence-electron chi connectivity index (χ2n) is 9.95. The van der Waals surface area contributed by atoms with Gasteiger partial charge in [0.25, 0.3) is 10.1 Å². The van der Waals surface area contributed by atoms with Crippen LogP contribution in [-0.2, 0) is 35.1 Å². The van der Waals surface area contributed by atoms with Gasteiger partial charge in [0.15, 0.2) is 5.79 Å². The molecule has 0 aliphatic carbocycles. The number of ether oxygens (including phenoxy) is 3. The van der Waals surface area contributed by atoms with Gasteiger partial charge in [0.1, 0.15) is 6.10 Å². The predicted molar refractivity (Wildman–Crippen MR) is 141 cm³/mol. The molecule has 2 aromatic carbocycles. The Bertz CT molecular complexity index is 1050. The molecule has 1 aliphatic rings. The molecule has 6 nitrogen and oxygen atoms in total. The van der Waals surface area contributed by atoms with E-state index in [0.717, 1.165) is 30.4 Å². The monoisotopic (exact) mass is 516 g/mol. The van der Waals surface area contributed by atoms with E-state index in [4.69, 9.17) is 18.4 Å². The van der Waals surface area contributed by atoms with Crippen LogP contribution in [0.2, 0.25) is 0 Å². The van der Waals surface area contributed by atoms with Gasteiger partial charge in [-0.25, -0.2) is 0 Å². The molecule has 2 aromatic rings. The second-order valence-corrected chi connectivity index (χ2v) is 11.5. The van der Waals surface area contributed by atoms with E-state index < -0.39 is 22.0 Å². The summed E-state index contributed by atoms with van der Waals surface area (Å²) in [6.45, 7) is 9.27. The quantitative estimate of drug-likeness (QED) is 0.247. The van der Waals surface area contributed by atoms with Gasteiger partial charge in [0.05, 0.1) is 30.8 Å². The van der Waals surface area contributed by atoms with Crippen molar-refractivity contribution in [2.45, 2.75) is 82.9 Å². The Morgan fingerprint density at radius 1 is 1.06 bits per heavy atom. The van der Waals surface area contributed by atoms with Crippen molar-refractivity contribution >= 4 is 10.1 Å². The molecular weight excluding hydrogens is 476 g/mol. The summed E-state index contributed by atoms with van der Waals surface area (Å²) in [7, 11) is -3.91. The number of aryl methyl sites for hydroxylation is 1. The van der Waals surface area contributed by atoms with E-state index >= 15 is 0 Å². The Hall–Kier alpha value is -2.03. The maximum absolute atomic E-state index is 12.9. The van der Waals surface area contributed by atoms with Gasteiger partial charge in [0, 0.05) is 0 Å². The fourth-order valence-electron chi connectivity index (χ4n) is 4.13. The van der Waals surface area contributed by atoms with Crippen LogP contribution < -0.4 is 0 Å². The van der Waals surface area contributed by atoms with E-state index in [1.807, 2.05) is 57.2 Å². The Morgan fingerprint density at radius 2 is 1.75 bits per heavy atom. The molecule has 0 aromatic heterocycles. The first kappa shape index (κ1) is 28.5. The lowest BCUT2D eigenvalue weighted by Gasteiger charge is -2.30. The number of hydrogen-bond acceptors (Lipinski definition) is 6. The Labute approximate surface area is 216 Å². The molecule has 3 atom stereocenters. The molecule has 0 spiro atoms.